The molecule has 28 heavy (non-hydrogen) atoms. The summed E-state index contributed by atoms with van der Waals surface area (Å²) in [6, 6.07) is 14.2. The maximum Gasteiger partial charge on any atom is 0.422 e. The average Bonchev–Trinajstić information content (AvgIpc) is 3.12. The van der Waals surface area contributed by atoms with Gasteiger partial charge in [0.1, 0.15) is 10.7 Å². The largest absolute Gasteiger partial charge is 0.468 e. The van der Waals surface area contributed by atoms with E-state index in [9.17, 15) is 18.0 Å². The first kappa shape index (κ1) is 18.2. The van der Waals surface area contributed by atoms with E-state index >= 15 is 0 Å². The first-order valence-corrected chi connectivity index (χ1v) is 8.96. The number of nitrogens with one attached hydrogen (secondary N) is 1. The molecule has 1 N–H and O–H groups in total. The molecule has 3 aromatic heterocycles. The molecule has 0 radical (unpaired) electrons. The summed E-state index contributed by atoms with van der Waals surface area (Å²) in [4.78, 5) is 24.8. The van der Waals surface area contributed by atoms with Crippen molar-refractivity contribution in [2.75, 3.05) is 6.61 Å². The van der Waals surface area contributed by atoms with E-state index in [4.69, 9.17) is 0 Å². The quantitative estimate of drug-likeness (QED) is 0.538. The van der Waals surface area contributed by atoms with Crippen LogP contribution in [0.15, 0.2) is 59.5 Å². The Kier molecular flexibility index (Phi) is 4.60. The second-order valence-electron chi connectivity index (χ2n) is 5.90. The minimum Gasteiger partial charge on any atom is -0.468 e. The highest BCUT2D eigenvalue weighted by atomic mass is 32.1. The van der Waals surface area contributed by atoms with Gasteiger partial charge in [-0.05, 0) is 17.7 Å². The molecular weight excluding hydrogens is 391 g/mol. The highest BCUT2D eigenvalue weighted by Crippen LogP contribution is 2.31. The van der Waals surface area contributed by atoms with E-state index in [0.29, 0.717) is 15.8 Å². The fraction of sp³-hybridized carbons (Fsp3) is 0.105. The first-order valence-electron chi connectivity index (χ1n) is 8.14. The summed E-state index contributed by atoms with van der Waals surface area (Å²) in [7, 11) is 0. The molecular formula is C19H12F3N3O2S. The van der Waals surface area contributed by atoms with Crippen molar-refractivity contribution in [3.05, 3.63) is 65.1 Å². The predicted molar refractivity (Wildman–Crippen MR) is 100 cm³/mol. The number of thiophene rings is 1. The molecule has 0 fully saturated rings. The Balaban J connectivity index is 1.71. The van der Waals surface area contributed by atoms with Crippen molar-refractivity contribution in [1.29, 1.82) is 0 Å². The molecule has 1 aromatic carbocycles. The van der Waals surface area contributed by atoms with Gasteiger partial charge in [0.25, 0.3) is 5.56 Å². The van der Waals surface area contributed by atoms with Gasteiger partial charge in [-0.3, -0.25) is 4.79 Å². The van der Waals surface area contributed by atoms with Crippen LogP contribution < -0.4 is 10.3 Å². The summed E-state index contributed by atoms with van der Waals surface area (Å²) in [5.74, 6) is 0.0342. The molecule has 3 heterocycles. The van der Waals surface area contributed by atoms with Gasteiger partial charge in [-0.25, -0.2) is 9.97 Å². The summed E-state index contributed by atoms with van der Waals surface area (Å²) in [5.41, 5.74) is 1.05. The van der Waals surface area contributed by atoms with Crippen molar-refractivity contribution in [2.24, 2.45) is 0 Å². The van der Waals surface area contributed by atoms with Gasteiger partial charge < -0.3 is 9.72 Å². The number of pyridine rings is 1. The highest BCUT2D eigenvalue weighted by Gasteiger charge is 2.28. The van der Waals surface area contributed by atoms with Crippen LogP contribution in [0, 0.1) is 0 Å². The lowest BCUT2D eigenvalue weighted by Gasteiger charge is -2.09. The fourth-order valence-corrected chi connectivity index (χ4v) is 3.64. The maximum atomic E-state index is 12.5. The smallest absolute Gasteiger partial charge is 0.422 e. The Morgan fingerprint density at radius 1 is 1.07 bits per heavy atom. The molecule has 0 aliphatic rings. The third-order valence-corrected chi connectivity index (χ3v) is 4.93. The Bertz CT molecular complexity index is 1190. The van der Waals surface area contributed by atoms with Crippen molar-refractivity contribution in [1.82, 2.24) is 15.0 Å². The van der Waals surface area contributed by atoms with Gasteiger partial charge in [0, 0.05) is 22.7 Å². The lowest BCUT2D eigenvalue weighted by atomic mass is 10.2. The number of benzene rings is 1. The minimum atomic E-state index is -4.46. The molecule has 0 amide bonds. The zero-order valence-corrected chi connectivity index (χ0v) is 15.0. The molecule has 0 unspecified atom stereocenters. The van der Waals surface area contributed by atoms with E-state index in [-0.39, 0.29) is 17.3 Å². The lowest BCUT2D eigenvalue weighted by molar-refractivity contribution is -0.154. The molecule has 0 spiro atoms. The van der Waals surface area contributed by atoms with Crippen molar-refractivity contribution in [3.63, 3.8) is 0 Å². The van der Waals surface area contributed by atoms with E-state index in [2.05, 4.69) is 19.7 Å². The summed E-state index contributed by atoms with van der Waals surface area (Å²) in [6.45, 7) is -1.45. The van der Waals surface area contributed by atoms with Gasteiger partial charge >= 0.3 is 6.18 Å². The number of aromatic nitrogens is 3. The van der Waals surface area contributed by atoms with Crippen molar-refractivity contribution in [2.45, 2.75) is 6.18 Å². The van der Waals surface area contributed by atoms with Crippen LogP contribution in [-0.2, 0) is 0 Å². The van der Waals surface area contributed by atoms with E-state index in [1.807, 2.05) is 30.3 Å². The van der Waals surface area contributed by atoms with E-state index in [1.54, 1.807) is 6.07 Å². The second kappa shape index (κ2) is 7.08. The molecule has 142 valence electrons. The summed E-state index contributed by atoms with van der Waals surface area (Å²) in [5, 5.41) is 0.454. The molecule has 4 aromatic rings. The number of ether oxygens (including phenoxy) is 1. The predicted octanol–water partition coefficient (Wildman–Crippen LogP) is 4.65. The monoisotopic (exact) mass is 403 g/mol. The highest BCUT2D eigenvalue weighted by molar-refractivity contribution is 7.21. The molecule has 9 heteroatoms. The maximum absolute atomic E-state index is 12.5. The number of alkyl halides is 3. The molecule has 4 rings (SSSR count). The van der Waals surface area contributed by atoms with Gasteiger partial charge in [0.05, 0.1) is 5.39 Å². The number of nitrogens with zero attached hydrogens (tertiary/aromatic N) is 2. The zero-order valence-electron chi connectivity index (χ0n) is 14.2. The first-order chi connectivity index (χ1) is 13.4. The van der Waals surface area contributed by atoms with E-state index in [1.165, 1.54) is 29.7 Å². The Labute approximate surface area is 160 Å². The number of fused-ring (bicyclic) bond motifs is 1. The van der Waals surface area contributed by atoms with Gasteiger partial charge in [-0.2, -0.15) is 13.2 Å². The van der Waals surface area contributed by atoms with Crippen LogP contribution in [0.1, 0.15) is 0 Å². The number of rotatable bonds is 4. The van der Waals surface area contributed by atoms with Gasteiger partial charge in [0.2, 0.25) is 5.88 Å². The third kappa shape index (κ3) is 3.89. The topological polar surface area (TPSA) is 67.9 Å². The van der Waals surface area contributed by atoms with Crippen LogP contribution in [0.3, 0.4) is 0 Å². The van der Waals surface area contributed by atoms with Crippen LogP contribution in [0.5, 0.6) is 5.88 Å². The van der Waals surface area contributed by atoms with Crippen molar-refractivity contribution < 1.29 is 17.9 Å². The third-order valence-electron chi connectivity index (χ3n) is 3.85. The zero-order chi connectivity index (χ0) is 19.7. The van der Waals surface area contributed by atoms with Crippen molar-refractivity contribution >= 4 is 21.6 Å². The molecule has 0 saturated carbocycles. The number of H-pyrrole nitrogens is 1. The number of aromatic amines is 1. The van der Waals surface area contributed by atoms with Gasteiger partial charge in [-0.1, -0.05) is 30.3 Å². The Hall–Kier alpha value is -3.20. The van der Waals surface area contributed by atoms with Crippen LogP contribution in [0.25, 0.3) is 32.0 Å². The normalized spacial score (nSPS) is 11.7. The van der Waals surface area contributed by atoms with Crippen LogP contribution in [-0.4, -0.2) is 27.7 Å². The van der Waals surface area contributed by atoms with Crippen LogP contribution in [0.4, 0.5) is 13.2 Å². The summed E-state index contributed by atoms with van der Waals surface area (Å²) < 4.78 is 41.6. The average molecular weight is 403 g/mol. The molecule has 5 nitrogen and oxygen atoms in total. The number of hydrogen-bond donors (Lipinski definition) is 1. The minimum absolute atomic E-state index is 0.200. The van der Waals surface area contributed by atoms with Crippen LogP contribution >= 0.6 is 11.3 Å². The number of hydrogen-bond acceptors (Lipinski definition) is 5. The SMILES string of the molecule is O=c1[nH]c(-c2ccnc(OCC(F)(F)F)c2)nc2sc(-c3ccccc3)cc12. The molecule has 0 bridgehead atoms. The standard InChI is InChI=1S/C19H12F3N3O2S/c20-19(21,22)10-27-15-8-12(6-7-23-15)16-24-17(26)13-9-14(28-18(13)25-16)11-4-2-1-3-5-11/h1-9H,10H2,(H,24,25,26). The van der Waals surface area contributed by atoms with Gasteiger partial charge in [-0.15, -0.1) is 11.3 Å². The fourth-order valence-electron chi connectivity index (χ4n) is 2.60. The molecule has 0 saturated heterocycles. The molecule has 0 aliphatic heterocycles. The van der Waals surface area contributed by atoms with Crippen molar-refractivity contribution in [3.8, 4) is 27.7 Å². The van der Waals surface area contributed by atoms with Crippen LogP contribution in [0.2, 0.25) is 0 Å². The van der Waals surface area contributed by atoms with Gasteiger partial charge in [0.15, 0.2) is 6.61 Å². The number of halogens is 3. The lowest BCUT2D eigenvalue weighted by Crippen LogP contribution is -2.19. The summed E-state index contributed by atoms with van der Waals surface area (Å²) >= 11 is 1.36. The summed E-state index contributed by atoms with van der Waals surface area (Å²) in [6.07, 6.45) is -3.16. The van der Waals surface area contributed by atoms with E-state index in [0.717, 1.165) is 10.4 Å². The Morgan fingerprint density at radius 3 is 2.61 bits per heavy atom. The molecule has 0 atom stereocenters. The second-order valence-corrected chi connectivity index (χ2v) is 6.93. The Morgan fingerprint density at radius 2 is 1.86 bits per heavy atom. The van der Waals surface area contributed by atoms with E-state index < -0.39 is 12.8 Å². The molecule has 0 aliphatic carbocycles.